The number of amides is 2. The number of carbonyl (C=O) groups is 2. The first-order valence-corrected chi connectivity index (χ1v) is 4.89. The number of nitrogens with one attached hydrogen (secondary N) is 1. The lowest BCUT2D eigenvalue weighted by molar-refractivity contribution is -0.133. The van der Waals surface area contributed by atoms with Crippen molar-refractivity contribution < 1.29 is 9.59 Å². The van der Waals surface area contributed by atoms with E-state index in [1.807, 2.05) is 0 Å². The van der Waals surface area contributed by atoms with Crippen LogP contribution in [0.15, 0.2) is 12.7 Å². The van der Waals surface area contributed by atoms with Crippen molar-refractivity contribution in [2.75, 3.05) is 19.6 Å². The molecule has 0 saturated carbocycles. The third-order valence-corrected chi connectivity index (χ3v) is 2.18. The van der Waals surface area contributed by atoms with Gasteiger partial charge in [0.15, 0.2) is 0 Å². The van der Waals surface area contributed by atoms with E-state index >= 15 is 0 Å². The van der Waals surface area contributed by atoms with Crippen molar-refractivity contribution in [3.63, 3.8) is 0 Å². The lowest BCUT2D eigenvalue weighted by Crippen LogP contribution is -2.38. The highest BCUT2D eigenvalue weighted by Crippen LogP contribution is 2.08. The Labute approximate surface area is 84.0 Å². The summed E-state index contributed by atoms with van der Waals surface area (Å²) in [5.41, 5.74) is 0. The summed E-state index contributed by atoms with van der Waals surface area (Å²) >= 11 is 0. The quantitative estimate of drug-likeness (QED) is 0.508. The van der Waals surface area contributed by atoms with Crippen molar-refractivity contribution in [3.05, 3.63) is 12.7 Å². The van der Waals surface area contributed by atoms with Crippen molar-refractivity contribution >= 4 is 11.8 Å². The van der Waals surface area contributed by atoms with Crippen LogP contribution in [0.3, 0.4) is 0 Å². The molecule has 0 aromatic rings. The number of carbonyl (C=O) groups excluding carboxylic acids is 2. The van der Waals surface area contributed by atoms with Crippen molar-refractivity contribution in [1.82, 2.24) is 10.2 Å². The van der Waals surface area contributed by atoms with Gasteiger partial charge in [-0.15, -0.1) is 6.58 Å². The minimum atomic E-state index is -0.0814. The smallest absolute Gasteiger partial charge is 0.239 e. The summed E-state index contributed by atoms with van der Waals surface area (Å²) in [6, 6.07) is 0. The van der Waals surface area contributed by atoms with Crippen LogP contribution in [0.2, 0.25) is 0 Å². The van der Waals surface area contributed by atoms with Crippen LogP contribution in [0.5, 0.6) is 0 Å². The molecule has 1 aliphatic heterocycles. The molecule has 4 heteroatoms. The van der Waals surface area contributed by atoms with Crippen LogP contribution in [0.1, 0.15) is 19.3 Å². The summed E-state index contributed by atoms with van der Waals surface area (Å²) in [5.74, 6) is 0.00553. The van der Waals surface area contributed by atoms with E-state index in [-0.39, 0.29) is 18.4 Å². The summed E-state index contributed by atoms with van der Waals surface area (Å²) in [6.45, 7) is 5.08. The fraction of sp³-hybridized carbons (Fsp3) is 0.600. The third-order valence-electron chi connectivity index (χ3n) is 2.18. The summed E-state index contributed by atoms with van der Waals surface area (Å²) in [4.78, 5) is 24.1. The van der Waals surface area contributed by atoms with Crippen molar-refractivity contribution in [2.45, 2.75) is 19.3 Å². The molecule has 14 heavy (non-hydrogen) atoms. The third kappa shape index (κ3) is 3.20. The molecular formula is C10H16N2O2. The van der Waals surface area contributed by atoms with Gasteiger partial charge in [0.1, 0.15) is 0 Å². The highest BCUT2D eigenvalue weighted by molar-refractivity contribution is 5.85. The predicted octanol–water partition coefficient (Wildman–Crippen LogP) is 0.301. The fourth-order valence-corrected chi connectivity index (χ4v) is 1.41. The molecule has 78 valence electrons. The maximum Gasteiger partial charge on any atom is 0.239 e. The van der Waals surface area contributed by atoms with Gasteiger partial charge in [0.05, 0.1) is 6.54 Å². The Bertz CT molecular complexity index is 238. The Kier molecular flexibility index (Phi) is 4.16. The molecule has 1 aliphatic rings. The highest BCUT2D eigenvalue weighted by atomic mass is 16.2. The summed E-state index contributed by atoms with van der Waals surface area (Å²) in [5, 5.41) is 2.73. The monoisotopic (exact) mass is 196 g/mol. The molecule has 1 rings (SSSR count). The first kappa shape index (κ1) is 10.8. The van der Waals surface area contributed by atoms with E-state index in [1.165, 1.54) is 0 Å². The Balaban J connectivity index is 2.19. The number of rotatable bonds is 5. The normalized spacial score (nSPS) is 15.7. The Hall–Kier alpha value is -1.32. The molecule has 0 unspecified atom stereocenters. The maximum absolute atomic E-state index is 11.3. The van der Waals surface area contributed by atoms with Crippen LogP contribution < -0.4 is 5.32 Å². The van der Waals surface area contributed by atoms with Gasteiger partial charge in [0, 0.05) is 19.5 Å². The Morgan fingerprint density at radius 2 is 2.43 bits per heavy atom. The molecular weight excluding hydrogens is 180 g/mol. The van der Waals surface area contributed by atoms with Gasteiger partial charge in [-0.05, 0) is 12.8 Å². The lowest BCUT2D eigenvalue weighted by Gasteiger charge is -2.14. The highest BCUT2D eigenvalue weighted by Gasteiger charge is 2.21. The van der Waals surface area contributed by atoms with Crippen LogP contribution >= 0.6 is 0 Å². The number of nitrogens with zero attached hydrogens (tertiary/aromatic N) is 1. The van der Waals surface area contributed by atoms with E-state index in [9.17, 15) is 9.59 Å². The summed E-state index contributed by atoms with van der Waals surface area (Å²) in [6.07, 6.45) is 3.97. The first-order chi connectivity index (χ1) is 6.74. The van der Waals surface area contributed by atoms with E-state index in [0.717, 1.165) is 12.8 Å². The van der Waals surface area contributed by atoms with Gasteiger partial charge in [-0.3, -0.25) is 9.59 Å². The Morgan fingerprint density at radius 1 is 1.64 bits per heavy atom. The second kappa shape index (κ2) is 5.42. The fourth-order valence-electron chi connectivity index (χ4n) is 1.41. The molecule has 1 N–H and O–H groups in total. The van der Waals surface area contributed by atoms with Crippen molar-refractivity contribution in [2.24, 2.45) is 0 Å². The molecule has 1 saturated heterocycles. The van der Waals surface area contributed by atoms with Crippen LogP contribution in [0, 0.1) is 0 Å². The molecule has 1 fully saturated rings. The van der Waals surface area contributed by atoms with E-state index in [4.69, 9.17) is 0 Å². The molecule has 0 aromatic carbocycles. The van der Waals surface area contributed by atoms with Crippen molar-refractivity contribution in [1.29, 1.82) is 0 Å². The molecule has 1 heterocycles. The van der Waals surface area contributed by atoms with Gasteiger partial charge in [-0.2, -0.15) is 0 Å². The molecule has 0 aliphatic carbocycles. The van der Waals surface area contributed by atoms with Crippen LogP contribution in [-0.2, 0) is 9.59 Å². The zero-order chi connectivity index (χ0) is 10.4. The SMILES string of the molecule is C=CCCNC(=O)CN1CCCC1=O. The molecule has 0 atom stereocenters. The molecule has 4 nitrogen and oxygen atoms in total. The van der Waals surface area contributed by atoms with E-state index in [2.05, 4.69) is 11.9 Å². The minimum absolute atomic E-state index is 0.0814. The average molecular weight is 196 g/mol. The topological polar surface area (TPSA) is 49.4 Å². The number of hydrogen-bond acceptors (Lipinski definition) is 2. The van der Waals surface area contributed by atoms with Crippen LogP contribution in [0.25, 0.3) is 0 Å². The first-order valence-electron chi connectivity index (χ1n) is 4.89. The van der Waals surface area contributed by atoms with Gasteiger partial charge in [-0.25, -0.2) is 0 Å². The number of hydrogen-bond donors (Lipinski definition) is 1. The number of likely N-dealkylation sites (tertiary alicyclic amines) is 1. The van der Waals surface area contributed by atoms with Gasteiger partial charge in [0.25, 0.3) is 0 Å². The summed E-state index contributed by atoms with van der Waals surface area (Å²) in [7, 11) is 0. The molecule has 0 aromatic heterocycles. The second-order valence-corrected chi connectivity index (χ2v) is 3.35. The van der Waals surface area contributed by atoms with E-state index in [0.29, 0.717) is 19.5 Å². The van der Waals surface area contributed by atoms with E-state index in [1.54, 1.807) is 11.0 Å². The van der Waals surface area contributed by atoms with Gasteiger partial charge in [-0.1, -0.05) is 6.08 Å². The standard InChI is InChI=1S/C10H16N2O2/c1-2-3-6-11-9(13)8-12-7-4-5-10(12)14/h2H,1,3-8H2,(H,11,13). The minimum Gasteiger partial charge on any atom is -0.354 e. The van der Waals surface area contributed by atoms with Gasteiger partial charge >= 0.3 is 0 Å². The molecule has 0 radical (unpaired) electrons. The largest absolute Gasteiger partial charge is 0.354 e. The zero-order valence-corrected chi connectivity index (χ0v) is 8.29. The maximum atomic E-state index is 11.3. The van der Waals surface area contributed by atoms with Gasteiger partial charge in [0.2, 0.25) is 11.8 Å². The molecule has 0 spiro atoms. The molecule has 0 bridgehead atoms. The predicted molar refractivity (Wildman–Crippen MR) is 53.6 cm³/mol. The van der Waals surface area contributed by atoms with Crippen LogP contribution in [-0.4, -0.2) is 36.3 Å². The average Bonchev–Trinajstić information content (AvgIpc) is 2.52. The van der Waals surface area contributed by atoms with Crippen molar-refractivity contribution in [3.8, 4) is 0 Å². The summed E-state index contributed by atoms with van der Waals surface area (Å²) < 4.78 is 0. The second-order valence-electron chi connectivity index (χ2n) is 3.35. The Morgan fingerprint density at radius 3 is 3.00 bits per heavy atom. The van der Waals surface area contributed by atoms with E-state index < -0.39 is 0 Å². The van der Waals surface area contributed by atoms with Gasteiger partial charge < -0.3 is 10.2 Å². The lowest BCUT2D eigenvalue weighted by atomic mass is 10.4. The zero-order valence-electron chi connectivity index (χ0n) is 8.29. The molecule has 2 amide bonds. The van der Waals surface area contributed by atoms with Crippen LogP contribution in [0.4, 0.5) is 0 Å².